The van der Waals surface area contributed by atoms with Gasteiger partial charge < -0.3 is 10.6 Å². The summed E-state index contributed by atoms with van der Waals surface area (Å²) < 4.78 is 0.934. The zero-order valence-corrected chi connectivity index (χ0v) is 13.1. The second-order valence-corrected chi connectivity index (χ2v) is 6.25. The molecule has 3 nitrogen and oxygen atoms in total. The van der Waals surface area contributed by atoms with Crippen molar-refractivity contribution >= 4 is 27.5 Å². The van der Waals surface area contributed by atoms with Crippen molar-refractivity contribution in [1.82, 2.24) is 5.32 Å². The number of carbonyl (C=O) groups excluding carboxylic acids is 1. The van der Waals surface area contributed by atoms with Gasteiger partial charge in [-0.15, -0.1) is 0 Å². The molecule has 1 aromatic rings. The third-order valence-electron chi connectivity index (χ3n) is 3.82. The van der Waals surface area contributed by atoms with Crippen molar-refractivity contribution in [3.63, 3.8) is 0 Å². The Bertz CT molecular complexity index is 467. The summed E-state index contributed by atoms with van der Waals surface area (Å²) >= 11 is 3.49. The molecule has 0 radical (unpaired) electrons. The Balaban J connectivity index is 2.17. The van der Waals surface area contributed by atoms with E-state index in [0.717, 1.165) is 48.1 Å². The summed E-state index contributed by atoms with van der Waals surface area (Å²) in [7, 11) is 0. The van der Waals surface area contributed by atoms with E-state index >= 15 is 0 Å². The first-order valence-corrected chi connectivity index (χ1v) is 7.65. The first kappa shape index (κ1) is 14.5. The van der Waals surface area contributed by atoms with E-state index in [-0.39, 0.29) is 11.3 Å². The Kier molecular flexibility index (Phi) is 4.63. The van der Waals surface area contributed by atoms with Crippen molar-refractivity contribution in [2.75, 3.05) is 18.4 Å². The van der Waals surface area contributed by atoms with E-state index in [1.165, 1.54) is 0 Å². The van der Waals surface area contributed by atoms with Gasteiger partial charge in [0.25, 0.3) is 0 Å². The number of amides is 1. The minimum atomic E-state index is -0.238. The Hall–Kier alpha value is -0.870. The lowest BCUT2D eigenvalue weighted by atomic mass is 9.81. The number of benzene rings is 1. The summed E-state index contributed by atoms with van der Waals surface area (Å²) in [5.41, 5.74) is 1.78. The maximum Gasteiger partial charge on any atom is 0.231 e. The molecule has 1 aliphatic heterocycles. The maximum atomic E-state index is 12.6. The fraction of sp³-hybridized carbons (Fsp3) is 0.533. The number of aryl methyl sites for hydroxylation is 1. The van der Waals surface area contributed by atoms with Gasteiger partial charge in [0.1, 0.15) is 0 Å². The molecule has 1 aliphatic rings. The number of carbonyl (C=O) groups is 1. The highest BCUT2D eigenvalue weighted by molar-refractivity contribution is 9.10. The summed E-state index contributed by atoms with van der Waals surface area (Å²) in [6, 6.07) is 6.01. The van der Waals surface area contributed by atoms with Crippen LogP contribution in [0.1, 0.15) is 31.7 Å². The van der Waals surface area contributed by atoms with Crippen LogP contribution in [0, 0.1) is 12.3 Å². The van der Waals surface area contributed by atoms with Crippen LogP contribution in [0.2, 0.25) is 0 Å². The molecule has 1 aromatic carbocycles. The Morgan fingerprint density at radius 1 is 1.53 bits per heavy atom. The van der Waals surface area contributed by atoms with Gasteiger partial charge in [-0.3, -0.25) is 4.79 Å². The monoisotopic (exact) mass is 324 g/mol. The van der Waals surface area contributed by atoms with E-state index in [1.54, 1.807) is 0 Å². The van der Waals surface area contributed by atoms with Crippen LogP contribution in [0.25, 0.3) is 0 Å². The molecule has 4 heteroatoms. The molecule has 1 fully saturated rings. The smallest absolute Gasteiger partial charge is 0.231 e. The van der Waals surface area contributed by atoms with E-state index in [9.17, 15) is 4.79 Å². The predicted molar refractivity (Wildman–Crippen MR) is 82.3 cm³/mol. The normalized spacial score (nSPS) is 22.5. The molecule has 0 saturated carbocycles. The highest BCUT2D eigenvalue weighted by Gasteiger charge is 2.40. The second kappa shape index (κ2) is 6.06. The SMILES string of the molecule is CCCC1(C(=O)Nc2cc(C)ccc2Br)CCNC1. The first-order chi connectivity index (χ1) is 9.07. The summed E-state index contributed by atoms with van der Waals surface area (Å²) in [4.78, 5) is 12.6. The molecule has 0 aliphatic carbocycles. The van der Waals surface area contributed by atoms with Crippen LogP contribution in [0.3, 0.4) is 0 Å². The van der Waals surface area contributed by atoms with Gasteiger partial charge in [-0.1, -0.05) is 19.4 Å². The lowest BCUT2D eigenvalue weighted by Crippen LogP contribution is -2.38. The van der Waals surface area contributed by atoms with Gasteiger partial charge in [0, 0.05) is 11.0 Å². The second-order valence-electron chi connectivity index (χ2n) is 5.39. The number of rotatable bonds is 4. The van der Waals surface area contributed by atoms with E-state index in [4.69, 9.17) is 0 Å². The van der Waals surface area contributed by atoms with Gasteiger partial charge in [0.05, 0.1) is 11.1 Å². The molecule has 1 unspecified atom stereocenters. The third-order valence-corrected chi connectivity index (χ3v) is 4.52. The molecule has 1 heterocycles. The number of nitrogens with one attached hydrogen (secondary N) is 2. The van der Waals surface area contributed by atoms with Crippen molar-refractivity contribution in [3.8, 4) is 0 Å². The molecule has 2 N–H and O–H groups in total. The number of hydrogen-bond acceptors (Lipinski definition) is 2. The van der Waals surface area contributed by atoms with Crippen molar-refractivity contribution in [1.29, 1.82) is 0 Å². The van der Waals surface area contributed by atoms with Crippen molar-refractivity contribution in [2.45, 2.75) is 33.1 Å². The zero-order valence-electron chi connectivity index (χ0n) is 11.6. The van der Waals surface area contributed by atoms with Gasteiger partial charge >= 0.3 is 0 Å². The highest BCUT2D eigenvalue weighted by Crippen LogP contribution is 2.34. The lowest BCUT2D eigenvalue weighted by molar-refractivity contribution is -0.125. The van der Waals surface area contributed by atoms with Gasteiger partial charge in [0.2, 0.25) is 5.91 Å². The molecule has 1 saturated heterocycles. The molecule has 104 valence electrons. The maximum absolute atomic E-state index is 12.6. The molecular weight excluding hydrogens is 304 g/mol. The number of hydrogen-bond donors (Lipinski definition) is 2. The number of anilines is 1. The highest BCUT2D eigenvalue weighted by atomic mass is 79.9. The van der Waals surface area contributed by atoms with Crippen molar-refractivity contribution < 1.29 is 4.79 Å². The molecule has 1 amide bonds. The summed E-state index contributed by atoms with van der Waals surface area (Å²) in [5.74, 6) is 0.144. The largest absolute Gasteiger partial charge is 0.325 e. The minimum Gasteiger partial charge on any atom is -0.325 e. The quantitative estimate of drug-likeness (QED) is 0.890. The molecule has 0 bridgehead atoms. The van der Waals surface area contributed by atoms with Gasteiger partial charge in [-0.25, -0.2) is 0 Å². The van der Waals surface area contributed by atoms with Crippen LogP contribution in [-0.4, -0.2) is 19.0 Å². The molecule has 0 spiro atoms. The van der Waals surface area contributed by atoms with Crippen LogP contribution < -0.4 is 10.6 Å². The lowest BCUT2D eigenvalue weighted by Gasteiger charge is -2.26. The van der Waals surface area contributed by atoms with Crippen LogP contribution in [0.5, 0.6) is 0 Å². The molecule has 2 rings (SSSR count). The topological polar surface area (TPSA) is 41.1 Å². The van der Waals surface area contributed by atoms with Crippen LogP contribution in [-0.2, 0) is 4.79 Å². The average molecular weight is 325 g/mol. The zero-order chi connectivity index (χ0) is 13.9. The van der Waals surface area contributed by atoms with Crippen molar-refractivity contribution in [2.24, 2.45) is 5.41 Å². The van der Waals surface area contributed by atoms with Crippen LogP contribution >= 0.6 is 15.9 Å². The third kappa shape index (κ3) is 3.18. The number of halogens is 1. The van der Waals surface area contributed by atoms with Gasteiger partial charge in [0.15, 0.2) is 0 Å². The van der Waals surface area contributed by atoms with Gasteiger partial charge in [-0.05, 0) is 59.9 Å². The summed E-state index contributed by atoms with van der Waals surface area (Å²) in [6.45, 7) is 5.88. The molecule has 1 atom stereocenters. The minimum absolute atomic E-state index is 0.144. The molecule has 0 aromatic heterocycles. The average Bonchev–Trinajstić information content (AvgIpc) is 2.84. The Morgan fingerprint density at radius 3 is 2.95 bits per heavy atom. The fourth-order valence-electron chi connectivity index (χ4n) is 2.73. The van der Waals surface area contributed by atoms with Crippen molar-refractivity contribution in [3.05, 3.63) is 28.2 Å². The Morgan fingerprint density at radius 2 is 2.32 bits per heavy atom. The first-order valence-electron chi connectivity index (χ1n) is 6.86. The van der Waals surface area contributed by atoms with E-state index in [1.807, 2.05) is 25.1 Å². The Labute approximate surface area is 123 Å². The summed E-state index contributed by atoms with van der Waals surface area (Å²) in [5, 5.41) is 6.41. The van der Waals surface area contributed by atoms with E-state index in [2.05, 4.69) is 33.5 Å². The van der Waals surface area contributed by atoms with E-state index < -0.39 is 0 Å². The fourth-order valence-corrected chi connectivity index (χ4v) is 3.08. The molecule has 19 heavy (non-hydrogen) atoms. The standard InChI is InChI=1S/C15H21BrN2O/c1-3-6-15(7-8-17-10-15)14(19)18-13-9-11(2)4-5-12(13)16/h4-5,9,17H,3,6-8,10H2,1-2H3,(H,18,19). The van der Waals surface area contributed by atoms with E-state index in [0.29, 0.717) is 0 Å². The van der Waals surface area contributed by atoms with Crippen LogP contribution in [0.15, 0.2) is 22.7 Å². The molecular formula is C15H21BrN2O. The van der Waals surface area contributed by atoms with Crippen LogP contribution in [0.4, 0.5) is 5.69 Å². The predicted octanol–water partition coefficient (Wildman–Crippen LogP) is 3.48. The van der Waals surface area contributed by atoms with Gasteiger partial charge in [-0.2, -0.15) is 0 Å². The summed E-state index contributed by atoms with van der Waals surface area (Å²) in [6.07, 6.45) is 2.90.